The molecular weight excluding hydrogens is 617 g/mol. The first-order chi connectivity index (χ1) is 17.1. The van der Waals surface area contributed by atoms with Gasteiger partial charge in [-0.1, -0.05) is 0 Å². The van der Waals surface area contributed by atoms with E-state index < -0.39 is 48.1 Å². The van der Waals surface area contributed by atoms with E-state index in [9.17, 15) is 35.9 Å². The second kappa shape index (κ2) is 11.1. The van der Waals surface area contributed by atoms with Gasteiger partial charge in [-0.25, -0.2) is 4.79 Å². The van der Waals surface area contributed by atoms with Crippen LogP contribution in [0.25, 0.3) is 0 Å². The third-order valence-electron chi connectivity index (χ3n) is 5.84. The van der Waals surface area contributed by atoms with E-state index in [0.717, 1.165) is 3.57 Å². The Morgan fingerprint density at radius 1 is 1.05 bits per heavy atom. The zero-order chi connectivity index (χ0) is 27.7. The normalized spacial score (nSPS) is 16.3. The number of carbonyl (C=O) groups excluding carboxylic acids is 2. The zero-order valence-electron chi connectivity index (χ0n) is 20.2. The van der Waals surface area contributed by atoms with Gasteiger partial charge in [-0.3, -0.25) is 9.69 Å². The van der Waals surface area contributed by atoms with E-state index in [4.69, 9.17) is 4.74 Å². The molecule has 12 heteroatoms. The molecule has 2 aromatic rings. The van der Waals surface area contributed by atoms with E-state index in [1.807, 2.05) is 0 Å². The highest BCUT2D eigenvalue weighted by Gasteiger charge is 2.38. The van der Waals surface area contributed by atoms with Crippen LogP contribution in [0.1, 0.15) is 61.9 Å². The lowest BCUT2D eigenvalue weighted by atomic mass is 9.98. The highest BCUT2D eigenvalue weighted by atomic mass is 127. The van der Waals surface area contributed by atoms with Crippen molar-refractivity contribution >= 4 is 40.3 Å². The van der Waals surface area contributed by atoms with Crippen molar-refractivity contribution < 1.29 is 40.7 Å². The number of alkyl halides is 6. The number of benzene rings is 2. The van der Waals surface area contributed by atoms with Crippen LogP contribution in [0.5, 0.6) is 0 Å². The van der Waals surface area contributed by atoms with Gasteiger partial charge in [0.05, 0.1) is 29.0 Å². The monoisotopic (exact) mass is 642 g/mol. The maximum Gasteiger partial charge on any atom is 0.416 e. The van der Waals surface area contributed by atoms with Crippen LogP contribution in [-0.4, -0.2) is 29.5 Å². The molecule has 0 aliphatic carbocycles. The van der Waals surface area contributed by atoms with Crippen LogP contribution in [0, 0.1) is 3.57 Å². The van der Waals surface area contributed by atoms with Gasteiger partial charge in [0, 0.05) is 23.6 Å². The van der Waals surface area contributed by atoms with Crippen molar-refractivity contribution in [2.45, 2.75) is 64.7 Å². The third-order valence-corrected chi connectivity index (χ3v) is 6.51. The Morgan fingerprint density at radius 2 is 1.65 bits per heavy atom. The molecule has 1 atom stereocenters. The maximum atomic E-state index is 13.4. The minimum absolute atomic E-state index is 0.0587. The lowest BCUT2D eigenvalue weighted by molar-refractivity contribution is -0.143. The fourth-order valence-electron chi connectivity index (χ4n) is 4.28. The highest BCUT2D eigenvalue weighted by Crippen LogP contribution is 2.40. The number of nitrogens with zero attached hydrogens (tertiary/aromatic N) is 2. The molecule has 37 heavy (non-hydrogen) atoms. The Balaban J connectivity index is 2.08. The van der Waals surface area contributed by atoms with Crippen LogP contribution in [0.4, 0.5) is 36.8 Å². The Kier molecular flexibility index (Phi) is 8.70. The molecule has 5 nitrogen and oxygen atoms in total. The number of amides is 2. The van der Waals surface area contributed by atoms with Crippen molar-refractivity contribution in [2.24, 2.45) is 0 Å². The van der Waals surface area contributed by atoms with Crippen LogP contribution < -0.4 is 4.90 Å². The first-order valence-corrected chi connectivity index (χ1v) is 12.5. The number of anilines is 1. The molecule has 0 saturated heterocycles. The van der Waals surface area contributed by atoms with Gasteiger partial charge < -0.3 is 9.64 Å². The van der Waals surface area contributed by atoms with Gasteiger partial charge in [0.25, 0.3) is 0 Å². The van der Waals surface area contributed by atoms with Gasteiger partial charge in [-0.2, -0.15) is 26.3 Å². The topological polar surface area (TPSA) is 49.9 Å². The molecule has 0 bridgehead atoms. The van der Waals surface area contributed by atoms with Crippen LogP contribution in [0.15, 0.2) is 36.4 Å². The molecule has 1 aliphatic heterocycles. The van der Waals surface area contributed by atoms with E-state index >= 15 is 0 Å². The predicted octanol–water partition coefficient (Wildman–Crippen LogP) is 7.56. The summed E-state index contributed by atoms with van der Waals surface area (Å²) in [5.41, 5.74) is -2.16. The Labute approximate surface area is 223 Å². The molecule has 0 saturated carbocycles. The summed E-state index contributed by atoms with van der Waals surface area (Å²) in [5.74, 6) is -0.529. The molecule has 0 spiro atoms. The smallest absolute Gasteiger partial charge is 0.416 e. The fraction of sp³-hybridized carbons (Fsp3) is 0.440. The molecule has 0 aromatic heterocycles. The summed E-state index contributed by atoms with van der Waals surface area (Å²) >= 11 is 2.06. The SMILES string of the molecule is CC(=O)N(Cc1cc(C(F)(F)F)cc(C(F)(F)F)c1)C1CCCN(C(=O)OC(C)C)c2ccc(I)cc21. The molecule has 3 rings (SSSR count). The van der Waals surface area contributed by atoms with Crippen molar-refractivity contribution in [3.05, 3.63) is 62.2 Å². The lowest BCUT2D eigenvalue weighted by Crippen LogP contribution is -2.34. The summed E-state index contributed by atoms with van der Waals surface area (Å²) in [6, 6.07) is 5.84. The fourth-order valence-corrected chi connectivity index (χ4v) is 4.80. The largest absolute Gasteiger partial charge is 0.446 e. The number of rotatable bonds is 4. The molecule has 0 N–H and O–H groups in total. The number of halogens is 7. The number of carbonyl (C=O) groups is 2. The van der Waals surface area contributed by atoms with Crippen LogP contribution >= 0.6 is 22.6 Å². The van der Waals surface area contributed by atoms with Crippen molar-refractivity contribution in [1.29, 1.82) is 0 Å². The number of hydrogen-bond donors (Lipinski definition) is 0. The van der Waals surface area contributed by atoms with Crippen LogP contribution in [-0.2, 0) is 28.4 Å². The third kappa shape index (κ3) is 7.08. The van der Waals surface area contributed by atoms with Gasteiger partial charge >= 0.3 is 18.4 Å². The van der Waals surface area contributed by atoms with E-state index in [-0.39, 0.29) is 24.3 Å². The van der Waals surface area contributed by atoms with Crippen molar-refractivity contribution in [1.82, 2.24) is 4.90 Å². The first-order valence-electron chi connectivity index (χ1n) is 11.4. The van der Waals surface area contributed by atoms with Gasteiger partial charge in [0.2, 0.25) is 5.91 Å². The summed E-state index contributed by atoms with van der Waals surface area (Å²) in [5, 5.41) is 0. The van der Waals surface area contributed by atoms with E-state index in [2.05, 4.69) is 22.6 Å². The summed E-state index contributed by atoms with van der Waals surface area (Å²) < 4.78 is 86.5. The highest BCUT2D eigenvalue weighted by molar-refractivity contribution is 14.1. The quantitative estimate of drug-likeness (QED) is 0.256. The molecule has 1 unspecified atom stereocenters. The minimum atomic E-state index is -5.00. The standard InChI is InChI=1S/C25H25F6IN2O3/c1-14(2)37-23(36)33-8-4-5-21(20-12-19(32)6-7-22(20)33)34(15(3)35)13-16-9-17(24(26,27)28)11-18(10-16)25(29,30)31/h6-7,9-12,14,21H,4-5,8,13H2,1-3H3. The van der Waals surface area contributed by atoms with Gasteiger partial charge in [-0.15, -0.1) is 0 Å². The maximum absolute atomic E-state index is 13.4. The molecule has 2 amide bonds. The Morgan fingerprint density at radius 3 is 2.16 bits per heavy atom. The van der Waals surface area contributed by atoms with Crippen molar-refractivity contribution in [2.75, 3.05) is 11.4 Å². The number of fused-ring (bicyclic) bond motifs is 1. The van der Waals surface area contributed by atoms with Gasteiger partial charge in [-0.05, 0) is 96.8 Å². The van der Waals surface area contributed by atoms with E-state index in [0.29, 0.717) is 36.2 Å². The zero-order valence-corrected chi connectivity index (χ0v) is 22.4. The second-order valence-electron chi connectivity index (χ2n) is 9.01. The molecular formula is C25H25F6IN2O3. The summed E-state index contributed by atoms with van der Waals surface area (Å²) in [4.78, 5) is 28.2. The Bertz CT molecular complexity index is 1130. The van der Waals surface area contributed by atoms with Gasteiger partial charge in [0.15, 0.2) is 0 Å². The van der Waals surface area contributed by atoms with Crippen LogP contribution in [0.2, 0.25) is 0 Å². The number of ether oxygens (including phenoxy) is 1. The molecule has 202 valence electrons. The van der Waals surface area contributed by atoms with Crippen molar-refractivity contribution in [3.8, 4) is 0 Å². The first kappa shape index (κ1) is 29.1. The molecule has 1 heterocycles. The molecule has 1 aliphatic rings. The summed E-state index contributed by atoms with van der Waals surface area (Å²) in [6.07, 6.45) is -10.2. The van der Waals surface area contributed by atoms with E-state index in [1.54, 1.807) is 32.0 Å². The molecule has 0 radical (unpaired) electrons. The molecule has 0 fully saturated rings. The summed E-state index contributed by atoms with van der Waals surface area (Å²) in [6.45, 7) is 4.41. The Hall–Kier alpha value is -2.51. The average molecular weight is 642 g/mol. The second-order valence-corrected chi connectivity index (χ2v) is 10.3. The van der Waals surface area contributed by atoms with Gasteiger partial charge in [0.1, 0.15) is 0 Å². The predicted molar refractivity (Wildman–Crippen MR) is 133 cm³/mol. The minimum Gasteiger partial charge on any atom is -0.446 e. The average Bonchev–Trinajstić information content (AvgIpc) is 2.94. The van der Waals surface area contributed by atoms with Crippen LogP contribution in [0.3, 0.4) is 0 Å². The number of hydrogen-bond acceptors (Lipinski definition) is 3. The summed E-state index contributed by atoms with van der Waals surface area (Å²) in [7, 11) is 0. The van der Waals surface area contributed by atoms with E-state index in [1.165, 1.54) is 16.7 Å². The lowest BCUT2D eigenvalue weighted by Gasteiger charge is -2.32. The molecule has 2 aromatic carbocycles. The van der Waals surface area contributed by atoms with Crippen molar-refractivity contribution in [3.63, 3.8) is 0 Å².